The van der Waals surface area contributed by atoms with E-state index in [9.17, 15) is 13.2 Å². The van der Waals surface area contributed by atoms with Gasteiger partial charge in [-0.25, -0.2) is 8.42 Å². The van der Waals surface area contributed by atoms with Crippen molar-refractivity contribution >= 4 is 21.6 Å². The number of anilines is 1. The van der Waals surface area contributed by atoms with Crippen molar-refractivity contribution in [1.82, 2.24) is 5.32 Å². The minimum atomic E-state index is -3.68. The number of benzene rings is 2. The van der Waals surface area contributed by atoms with Crippen molar-refractivity contribution in [3.63, 3.8) is 0 Å². The molecule has 8 heteroatoms. The van der Waals surface area contributed by atoms with Crippen molar-refractivity contribution in [2.75, 3.05) is 23.8 Å². The number of amides is 1. The normalized spacial score (nSPS) is 13.2. The SMILES string of the molecule is CCOc1ccc(N(C(C)C(=O)NC(C)COc2ccc(C)cc2)S(C)(=O)=O)cc1. The zero-order chi connectivity index (χ0) is 22.3. The number of nitrogens with zero attached hydrogens (tertiary/aromatic N) is 1. The molecule has 2 rings (SSSR count). The second-order valence-corrected chi connectivity index (χ2v) is 9.05. The Morgan fingerprint density at radius 1 is 1.00 bits per heavy atom. The topological polar surface area (TPSA) is 84.9 Å². The van der Waals surface area contributed by atoms with Gasteiger partial charge in [-0.3, -0.25) is 9.10 Å². The van der Waals surface area contributed by atoms with Crippen LogP contribution in [0.2, 0.25) is 0 Å². The Hall–Kier alpha value is -2.74. The van der Waals surface area contributed by atoms with E-state index in [-0.39, 0.29) is 12.6 Å². The highest BCUT2D eigenvalue weighted by molar-refractivity contribution is 7.92. The minimum Gasteiger partial charge on any atom is -0.494 e. The third-order valence-corrected chi connectivity index (χ3v) is 5.64. The monoisotopic (exact) mass is 434 g/mol. The first-order valence-electron chi connectivity index (χ1n) is 9.84. The number of rotatable bonds is 10. The lowest BCUT2D eigenvalue weighted by atomic mass is 10.2. The van der Waals surface area contributed by atoms with Crippen LogP contribution in [0.15, 0.2) is 48.5 Å². The first-order valence-corrected chi connectivity index (χ1v) is 11.7. The number of carbonyl (C=O) groups excluding carboxylic acids is 1. The molecule has 2 aromatic carbocycles. The van der Waals surface area contributed by atoms with Gasteiger partial charge in [-0.05, 0) is 64.1 Å². The van der Waals surface area contributed by atoms with E-state index in [0.717, 1.165) is 16.1 Å². The third-order valence-electron chi connectivity index (χ3n) is 4.40. The molecule has 0 saturated heterocycles. The highest BCUT2D eigenvalue weighted by Gasteiger charge is 2.29. The van der Waals surface area contributed by atoms with Crippen LogP contribution in [0.4, 0.5) is 5.69 Å². The molecule has 0 aliphatic carbocycles. The van der Waals surface area contributed by atoms with Crippen molar-refractivity contribution in [3.05, 3.63) is 54.1 Å². The van der Waals surface area contributed by atoms with Gasteiger partial charge in [0.2, 0.25) is 15.9 Å². The van der Waals surface area contributed by atoms with Crippen molar-refractivity contribution in [2.45, 2.75) is 39.8 Å². The Balaban J connectivity index is 2.04. The van der Waals surface area contributed by atoms with Crippen LogP contribution in [0.5, 0.6) is 11.5 Å². The van der Waals surface area contributed by atoms with Gasteiger partial charge in [0.25, 0.3) is 0 Å². The summed E-state index contributed by atoms with van der Waals surface area (Å²) in [6, 6.07) is 13.0. The first kappa shape index (κ1) is 23.5. The van der Waals surface area contributed by atoms with Crippen molar-refractivity contribution in [3.8, 4) is 11.5 Å². The average Bonchev–Trinajstić information content (AvgIpc) is 2.68. The van der Waals surface area contributed by atoms with Gasteiger partial charge in [0.05, 0.1) is 24.6 Å². The van der Waals surface area contributed by atoms with Gasteiger partial charge in [0.15, 0.2) is 0 Å². The predicted molar refractivity (Wildman–Crippen MR) is 119 cm³/mol. The minimum absolute atomic E-state index is 0.267. The summed E-state index contributed by atoms with van der Waals surface area (Å²) in [6.45, 7) is 8.00. The predicted octanol–water partition coefficient (Wildman–Crippen LogP) is 3.13. The number of hydrogen-bond acceptors (Lipinski definition) is 5. The molecule has 0 aliphatic rings. The van der Waals surface area contributed by atoms with Crippen LogP contribution in [0, 0.1) is 6.92 Å². The lowest BCUT2D eigenvalue weighted by Gasteiger charge is -2.29. The number of carbonyl (C=O) groups is 1. The van der Waals surface area contributed by atoms with Crippen LogP contribution in [-0.4, -0.2) is 45.9 Å². The lowest BCUT2D eigenvalue weighted by Crippen LogP contribution is -2.50. The van der Waals surface area contributed by atoms with E-state index in [1.54, 1.807) is 38.1 Å². The van der Waals surface area contributed by atoms with E-state index in [1.165, 1.54) is 0 Å². The Labute approximate surface area is 179 Å². The maximum Gasteiger partial charge on any atom is 0.243 e. The summed E-state index contributed by atoms with van der Waals surface area (Å²) in [4.78, 5) is 12.7. The van der Waals surface area contributed by atoms with E-state index in [4.69, 9.17) is 9.47 Å². The van der Waals surface area contributed by atoms with E-state index < -0.39 is 22.0 Å². The van der Waals surface area contributed by atoms with Crippen LogP contribution >= 0.6 is 0 Å². The van der Waals surface area contributed by atoms with Gasteiger partial charge < -0.3 is 14.8 Å². The summed E-state index contributed by atoms with van der Waals surface area (Å²) in [5.41, 5.74) is 1.53. The van der Waals surface area contributed by atoms with Crippen LogP contribution in [0.1, 0.15) is 26.3 Å². The van der Waals surface area contributed by atoms with Gasteiger partial charge in [-0.2, -0.15) is 0 Å². The fourth-order valence-corrected chi connectivity index (χ4v) is 4.10. The van der Waals surface area contributed by atoms with Crippen LogP contribution < -0.4 is 19.1 Å². The van der Waals surface area contributed by atoms with Gasteiger partial charge in [-0.1, -0.05) is 17.7 Å². The fourth-order valence-electron chi connectivity index (χ4n) is 2.93. The molecule has 0 radical (unpaired) electrons. The highest BCUT2D eigenvalue weighted by Crippen LogP contribution is 2.24. The first-order chi connectivity index (χ1) is 14.1. The highest BCUT2D eigenvalue weighted by atomic mass is 32.2. The zero-order valence-electron chi connectivity index (χ0n) is 18.1. The molecule has 0 heterocycles. The number of ether oxygens (including phenoxy) is 2. The van der Waals surface area contributed by atoms with Gasteiger partial charge in [0, 0.05) is 0 Å². The molecule has 0 aliphatic heterocycles. The van der Waals surface area contributed by atoms with Crippen molar-refractivity contribution in [1.29, 1.82) is 0 Å². The molecule has 0 saturated carbocycles. The van der Waals surface area contributed by atoms with E-state index in [0.29, 0.717) is 23.8 Å². The van der Waals surface area contributed by atoms with Crippen LogP contribution in [0.25, 0.3) is 0 Å². The maximum atomic E-state index is 12.7. The standard InChI is InChI=1S/C22H30N2O5S/c1-6-28-20-13-9-19(10-14-20)24(30(5,26)27)18(4)22(25)23-17(3)15-29-21-11-7-16(2)8-12-21/h7-14,17-18H,6,15H2,1-5H3,(H,23,25). The van der Waals surface area contributed by atoms with Crippen LogP contribution in [0.3, 0.4) is 0 Å². The second kappa shape index (κ2) is 10.3. The lowest BCUT2D eigenvalue weighted by molar-refractivity contribution is -0.122. The zero-order valence-corrected chi connectivity index (χ0v) is 18.9. The Morgan fingerprint density at radius 2 is 1.53 bits per heavy atom. The molecule has 30 heavy (non-hydrogen) atoms. The summed E-state index contributed by atoms with van der Waals surface area (Å²) >= 11 is 0. The summed E-state index contributed by atoms with van der Waals surface area (Å²) in [7, 11) is -3.68. The number of aryl methyl sites for hydroxylation is 1. The number of nitrogens with one attached hydrogen (secondary N) is 1. The molecule has 2 unspecified atom stereocenters. The average molecular weight is 435 g/mol. The quantitative estimate of drug-likeness (QED) is 0.621. The maximum absolute atomic E-state index is 12.7. The summed E-state index contributed by atoms with van der Waals surface area (Å²) < 4.78 is 37.0. The summed E-state index contributed by atoms with van der Waals surface area (Å²) in [6.07, 6.45) is 1.08. The second-order valence-electron chi connectivity index (χ2n) is 7.20. The largest absolute Gasteiger partial charge is 0.494 e. The molecule has 0 fully saturated rings. The number of hydrogen-bond donors (Lipinski definition) is 1. The molecule has 0 spiro atoms. The van der Waals surface area contributed by atoms with Gasteiger partial charge >= 0.3 is 0 Å². The molecule has 7 nitrogen and oxygen atoms in total. The molecule has 0 bridgehead atoms. The molecule has 0 aromatic heterocycles. The van der Waals surface area contributed by atoms with E-state index >= 15 is 0 Å². The summed E-state index contributed by atoms with van der Waals surface area (Å²) in [5, 5.41) is 2.82. The Kier molecular flexibility index (Phi) is 8.11. The Morgan fingerprint density at radius 3 is 2.07 bits per heavy atom. The van der Waals surface area contributed by atoms with E-state index in [1.807, 2.05) is 38.1 Å². The third kappa shape index (κ3) is 6.66. The fraction of sp³-hybridized carbons (Fsp3) is 0.409. The molecule has 1 N–H and O–H groups in total. The molecular formula is C22H30N2O5S. The van der Waals surface area contributed by atoms with Crippen LogP contribution in [-0.2, 0) is 14.8 Å². The van der Waals surface area contributed by atoms with Gasteiger partial charge in [-0.15, -0.1) is 0 Å². The molecule has 2 atom stereocenters. The molecule has 1 amide bonds. The van der Waals surface area contributed by atoms with Crippen molar-refractivity contribution < 1.29 is 22.7 Å². The summed E-state index contributed by atoms with van der Waals surface area (Å²) in [5.74, 6) is 0.935. The van der Waals surface area contributed by atoms with Gasteiger partial charge in [0.1, 0.15) is 24.1 Å². The Bertz CT molecular complexity index is 927. The number of sulfonamides is 1. The molecular weight excluding hydrogens is 404 g/mol. The van der Waals surface area contributed by atoms with E-state index in [2.05, 4.69) is 5.32 Å². The van der Waals surface area contributed by atoms with Crippen molar-refractivity contribution in [2.24, 2.45) is 0 Å². The molecule has 164 valence electrons. The molecule has 2 aromatic rings. The smallest absolute Gasteiger partial charge is 0.243 e.